The second-order valence-corrected chi connectivity index (χ2v) is 10.3. The third kappa shape index (κ3) is 3.18. The highest BCUT2D eigenvalue weighted by atomic mass is 32.3. The molecule has 1 aliphatic carbocycles. The van der Waals surface area contributed by atoms with Crippen LogP contribution in [0.1, 0.15) is 30.4 Å². The minimum atomic E-state index is 0.0324. The maximum absolute atomic E-state index is 12.2. The standard InChI is InChI=1S/C17H14O2S4/c18-12-6-3-7-13(19)14(12)15-22-16-17(23-15)21-9-11-5-2-1-4-10(11)8-20-16/h1-2,4-5H,3,6-9H2. The molecule has 0 N–H and O–H groups in total. The molecule has 4 rings (SSSR count). The number of carbonyl (C=O) groups excluding carboxylic acids is 2. The molecule has 118 valence electrons. The van der Waals surface area contributed by atoms with Crippen molar-refractivity contribution in [2.75, 3.05) is 0 Å². The van der Waals surface area contributed by atoms with Crippen molar-refractivity contribution in [2.24, 2.45) is 0 Å². The molecule has 2 aliphatic heterocycles. The fourth-order valence-electron chi connectivity index (χ4n) is 2.72. The summed E-state index contributed by atoms with van der Waals surface area (Å²) in [5.74, 6) is 1.97. The Kier molecular flexibility index (Phi) is 4.67. The summed E-state index contributed by atoms with van der Waals surface area (Å²) in [6.07, 6.45) is 1.74. The minimum Gasteiger partial charge on any atom is -0.294 e. The Morgan fingerprint density at radius 1 is 0.739 bits per heavy atom. The van der Waals surface area contributed by atoms with Crippen molar-refractivity contribution in [3.8, 4) is 0 Å². The minimum absolute atomic E-state index is 0.0324. The third-order valence-corrected chi connectivity index (χ3v) is 9.57. The van der Waals surface area contributed by atoms with Crippen LogP contribution >= 0.6 is 47.0 Å². The number of fused-ring (bicyclic) bond motifs is 1. The van der Waals surface area contributed by atoms with Crippen LogP contribution in [0.4, 0.5) is 0 Å². The highest BCUT2D eigenvalue weighted by molar-refractivity contribution is 8.40. The number of Topliss-reactive ketones (excluding diaryl/α,β-unsaturated/α-hetero) is 2. The summed E-state index contributed by atoms with van der Waals surface area (Å²) in [7, 11) is 0. The summed E-state index contributed by atoms with van der Waals surface area (Å²) in [6.45, 7) is 0. The van der Waals surface area contributed by atoms with E-state index < -0.39 is 0 Å². The summed E-state index contributed by atoms with van der Waals surface area (Å²) < 4.78 is 3.42. The van der Waals surface area contributed by atoms with E-state index in [2.05, 4.69) is 24.3 Å². The molecule has 0 saturated heterocycles. The highest BCUT2D eigenvalue weighted by Gasteiger charge is 2.33. The van der Waals surface area contributed by atoms with Gasteiger partial charge in [0.05, 0.1) is 18.3 Å². The molecule has 6 heteroatoms. The second-order valence-electron chi connectivity index (χ2n) is 5.49. The lowest BCUT2D eigenvalue weighted by Crippen LogP contribution is -2.19. The van der Waals surface area contributed by atoms with Gasteiger partial charge < -0.3 is 0 Å². The van der Waals surface area contributed by atoms with E-state index in [1.54, 1.807) is 23.5 Å². The number of allylic oxidation sites excluding steroid dienone is 1. The molecule has 1 aromatic rings. The summed E-state index contributed by atoms with van der Waals surface area (Å²) in [5.41, 5.74) is 3.23. The first-order valence-corrected chi connectivity index (χ1v) is 11.1. The van der Waals surface area contributed by atoms with Crippen molar-refractivity contribution in [3.05, 3.63) is 53.7 Å². The van der Waals surface area contributed by atoms with Crippen molar-refractivity contribution < 1.29 is 9.59 Å². The number of rotatable bonds is 0. The van der Waals surface area contributed by atoms with Gasteiger partial charge in [-0.15, -0.1) is 23.5 Å². The van der Waals surface area contributed by atoms with Crippen LogP contribution in [0, 0.1) is 0 Å². The van der Waals surface area contributed by atoms with Crippen LogP contribution in [0.5, 0.6) is 0 Å². The Balaban J connectivity index is 1.60. The number of benzene rings is 1. The molecule has 1 saturated carbocycles. The lowest BCUT2D eigenvalue weighted by molar-refractivity contribution is -0.123. The van der Waals surface area contributed by atoms with Gasteiger partial charge in [-0.1, -0.05) is 47.8 Å². The highest BCUT2D eigenvalue weighted by Crippen LogP contribution is 2.60. The van der Waals surface area contributed by atoms with E-state index in [4.69, 9.17) is 0 Å². The van der Waals surface area contributed by atoms with E-state index in [1.807, 2.05) is 23.5 Å². The van der Waals surface area contributed by atoms with Crippen LogP contribution in [0.15, 0.2) is 42.6 Å². The van der Waals surface area contributed by atoms with Crippen molar-refractivity contribution in [1.82, 2.24) is 0 Å². The Morgan fingerprint density at radius 2 is 1.26 bits per heavy atom. The van der Waals surface area contributed by atoms with Gasteiger partial charge in [0.15, 0.2) is 11.6 Å². The average Bonchev–Trinajstić information content (AvgIpc) is 2.91. The predicted octanol–water partition coefficient (Wildman–Crippen LogP) is 5.31. The smallest absolute Gasteiger partial charge is 0.168 e. The number of ketones is 2. The maximum Gasteiger partial charge on any atom is 0.168 e. The van der Waals surface area contributed by atoms with Gasteiger partial charge in [0.2, 0.25) is 0 Å². The van der Waals surface area contributed by atoms with E-state index in [1.165, 1.54) is 19.6 Å². The number of hydrogen-bond acceptors (Lipinski definition) is 6. The fraction of sp³-hybridized carbons (Fsp3) is 0.294. The van der Waals surface area contributed by atoms with Crippen molar-refractivity contribution in [1.29, 1.82) is 0 Å². The first kappa shape index (κ1) is 15.9. The molecule has 23 heavy (non-hydrogen) atoms. The average molecular weight is 379 g/mol. The van der Waals surface area contributed by atoms with Gasteiger partial charge in [0.1, 0.15) is 0 Å². The Labute approximate surface area is 152 Å². The van der Waals surface area contributed by atoms with Gasteiger partial charge in [0.25, 0.3) is 0 Å². The van der Waals surface area contributed by atoms with Crippen LogP contribution in [0.25, 0.3) is 0 Å². The van der Waals surface area contributed by atoms with Gasteiger partial charge in [-0.25, -0.2) is 0 Å². The molecule has 2 nitrogen and oxygen atoms in total. The monoisotopic (exact) mass is 378 g/mol. The van der Waals surface area contributed by atoms with Gasteiger partial charge in [-0.05, 0) is 17.5 Å². The van der Waals surface area contributed by atoms with Crippen LogP contribution in [-0.4, -0.2) is 11.6 Å². The molecular weight excluding hydrogens is 364 g/mol. The molecule has 0 amide bonds. The molecule has 0 radical (unpaired) electrons. The van der Waals surface area contributed by atoms with E-state index in [0.717, 1.165) is 15.7 Å². The van der Waals surface area contributed by atoms with Gasteiger partial charge in [-0.2, -0.15) is 0 Å². The SMILES string of the molecule is O=C1CCCC(=O)C1=C1SC2=C(SCc3ccccc3CS2)S1. The zero-order valence-corrected chi connectivity index (χ0v) is 15.6. The Morgan fingerprint density at radius 3 is 1.78 bits per heavy atom. The van der Waals surface area contributed by atoms with E-state index >= 15 is 0 Å². The molecule has 2 heterocycles. The summed E-state index contributed by atoms with van der Waals surface area (Å²) in [6, 6.07) is 8.55. The molecule has 3 aliphatic rings. The molecule has 0 unspecified atom stereocenters. The Bertz CT molecular complexity index is 705. The topological polar surface area (TPSA) is 34.1 Å². The van der Waals surface area contributed by atoms with E-state index in [9.17, 15) is 9.59 Å². The first-order valence-electron chi connectivity index (χ1n) is 7.45. The van der Waals surface area contributed by atoms with Crippen LogP contribution < -0.4 is 0 Å². The molecule has 0 atom stereocenters. The lowest BCUT2D eigenvalue weighted by atomic mass is 9.94. The van der Waals surface area contributed by atoms with Gasteiger partial charge in [0, 0.05) is 24.3 Å². The summed E-state index contributed by atoms with van der Waals surface area (Å²) in [4.78, 5) is 24.3. The van der Waals surface area contributed by atoms with Crippen LogP contribution in [0.2, 0.25) is 0 Å². The van der Waals surface area contributed by atoms with E-state index in [-0.39, 0.29) is 11.6 Å². The molecule has 0 bridgehead atoms. The zero-order chi connectivity index (χ0) is 15.8. The zero-order valence-electron chi connectivity index (χ0n) is 12.3. The predicted molar refractivity (Wildman–Crippen MR) is 102 cm³/mol. The van der Waals surface area contributed by atoms with Gasteiger partial charge >= 0.3 is 0 Å². The van der Waals surface area contributed by atoms with Crippen molar-refractivity contribution in [2.45, 2.75) is 30.8 Å². The van der Waals surface area contributed by atoms with Crippen LogP contribution in [0.3, 0.4) is 0 Å². The number of carbonyl (C=O) groups is 2. The first-order chi connectivity index (χ1) is 11.2. The molecule has 0 aromatic heterocycles. The molecule has 0 spiro atoms. The maximum atomic E-state index is 12.2. The largest absolute Gasteiger partial charge is 0.294 e. The number of thioether (sulfide) groups is 4. The molecular formula is C17H14O2S4. The summed E-state index contributed by atoms with van der Waals surface area (Å²) in [5, 5.41) is 0. The second kappa shape index (κ2) is 6.75. The van der Waals surface area contributed by atoms with Gasteiger partial charge in [-0.3, -0.25) is 9.59 Å². The fourth-order valence-corrected chi connectivity index (χ4v) is 8.77. The molecule has 1 fully saturated rings. The van der Waals surface area contributed by atoms with Crippen molar-refractivity contribution >= 4 is 58.6 Å². The normalized spacial score (nSPS) is 21.9. The summed E-state index contributed by atoms with van der Waals surface area (Å²) >= 11 is 6.91. The van der Waals surface area contributed by atoms with Crippen molar-refractivity contribution in [3.63, 3.8) is 0 Å². The Hall–Kier alpha value is -0.560. The molecule has 1 aromatic carbocycles. The third-order valence-electron chi connectivity index (χ3n) is 3.94. The lowest BCUT2D eigenvalue weighted by Gasteiger charge is -2.13. The van der Waals surface area contributed by atoms with E-state index in [0.29, 0.717) is 24.8 Å². The quantitative estimate of drug-likeness (QED) is 0.450. The van der Waals surface area contributed by atoms with Crippen LogP contribution in [-0.2, 0) is 21.1 Å². The number of hydrogen-bond donors (Lipinski definition) is 0.